The molecule has 2 heterocycles. The van der Waals surface area contributed by atoms with E-state index in [4.69, 9.17) is 4.74 Å². The number of amides is 2. The van der Waals surface area contributed by atoms with Gasteiger partial charge in [0.15, 0.2) is 0 Å². The Morgan fingerprint density at radius 1 is 1.04 bits per heavy atom. The van der Waals surface area contributed by atoms with Crippen LogP contribution in [0.2, 0.25) is 0 Å². The summed E-state index contributed by atoms with van der Waals surface area (Å²) in [6.45, 7) is 6.11. The number of nitrogens with zero attached hydrogens (tertiary/aromatic N) is 2. The first-order valence-corrected chi connectivity index (χ1v) is 9.03. The van der Waals surface area contributed by atoms with Crippen LogP contribution in [0.25, 0.3) is 5.57 Å². The molecule has 0 radical (unpaired) electrons. The highest BCUT2D eigenvalue weighted by molar-refractivity contribution is 6.36. The molecule has 2 aliphatic heterocycles. The largest absolute Gasteiger partial charge is 0.496 e. The summed E-state index contributed by atoms with van der Waals surface area (Å²) < 4.78 is 5.46. The van der Waals surface area contributed by atoms with Gasteiger partial charge in [0, 0.05) is 25.2 Å². The molecule has 2 aliphatic rings. The fraction of sp³-hybridized carbons (Fsp3) is 0.500. The Hall–Kier alpha value is -2.30. The number of hydrogen-bond donors (Lipinski definition) is 0. The molecule has 0 aromatic heterocycles. The molecule has 0 bridgehead atoms. The van der Waals surface area contributed by atoms with Gasteiger partial charge in [-0.25, -0.2) is 0 Å². The van der Waals surface area contributed by atoms with Crippen LogP contribution in [0.3, 0.4) is 0 Å². The third-order valence-electron chi connectivity index (χ3n) is 4.74. The molecular weight excluding hydrogens is 316 g/mol. The number of hydrogen-bond acceptors (Lipinski definition) is 4. The molecule has 3 rings (SSSR count). The Labute approximate surface area is 149 Å². The lowest BCUT2D eigenvalue weighted by Gasteiger charge is -2.30. The Balaban J connectivity index is 2.11. The van der Waals surface area contributed by atoms with E-state index >= 15 is 0 Å². The molecule has 0 unspecified atom stereocenters. The van der Waals surface area contributed by atoms with Crippen molar-refractivity contribution in [2.45, 2.75) is 33.1 Å². The Morgan fingerprint density at radius 2 is 1.72 bits per heavy atom. The third kappa shape index (κ3) is 3.28. The van der Waals surface area contributed by atoms with Crippen LogP contribution in [-0.4, -0.2) is 48.4 Å². The van der Waals surface area contributed by atoms with E-state index in [-0.39, 0.29) is 17.7 Å². The van der Waals surface area contributed by atoms with Gasteiger partial charge in [-0.15, -0.1) is 0 Å². The van der Waals surface area contributed by atoms with Gasteiger partial charge in [0.05, 0.1) is 12.7 Å². The first-order valence-electron chi connectivity index (χ1n) is 9.03. The summed E-state index contributed by atoms with van der Waals surface area (Å²) in [6.07, 6.45) is 3.27. The lowest BCUT2D eigenvalue weighted by atomic mass is 10.0. The van der Waals surface area contributed by atoms with Crippen LogP contribution in [0, 0.1) is 5.92 Å². The van der Waals surface area contributed by atoms with Crippen LogP contribution in [0.4, 0.5) is 0 Å². The van der Waals surface area contributed by atoms with Gasteiger partial charge in [-0.1, -0.05) is 32.0 Å². The fourth-order valence-electron chi connectivity index (χ4n) is 3.60. The van der Waals surface area contributed by atoms with E-state index in [0.717, 1.165) is 25.9 Å². The van der Waals surface area contributed by atoms with Gasteiger partial charge < -0.3 is 9.64 Å². The van der Waals surface area contributed by atoms with Gasteiger partial charge in [0.25, 0.3) is 11.8 Å². The fourth-order valence-corrected chi connectivity index (χ4v) is 3.60. The van der Waals surface area contributed by atoms with Gasteiger partial charge in [-0.3, -0.25) is 14.5 Å². The number of rotatable bonds is 5. The van der Waals surface area contributed by atoms with Crippen LogP contribution in [-0.2, 0) is 9.59 Å². The van der Waals surface area contributed by atoms with Crippen molar-refractivity contribution < 1.29 is 14.3 Å². The second kappa shape index (κ2) is 7.30. The van der Waals surface area contributed by atoms with Crippen molar-refractivity contribution in [1.82, 2.24) is 9.80 Å². The smallest absolute Gasteiger partial charge is 0.277 e. The third-order valence-corrected chi connectivity index (χ3v) is 4.74. The van der Waals surface area contributed by atoms with Crippen molar-refractivity contribution >= 4 is 17.4 Å². The lowest BCUT2D eigenvalue weighted by Crippen LogP contribution is -2.38. The Morgan fingerprint density at radius 3 is 2.36 bits per heavy atom. The zero-order chi connectivity index (χ0) is 18.0. The summed E-state index contributed by atoms with van der Waals surface area (Å²) in [6, 6.07) is 7.44. The lowest BCUT2D eigenvalue weighted by molar-refractivity contribution is -0.138. The van der Waals surface area contributed by atoms with Crippen LogP contribution >= 0.6 is 0 Å². The predicted octanol–water partition coefficient (Wildman–Crippen LogP) is 2.92. The van der Waals surface area contributed by atoms with E-state index in [2.05, 4.69) is 4.90 Å². The standard InChI is InChI=1S/C20H26N2O3/c1-14(2)13-22-19(23)17(15-9-5-6-10-16(15)25-3)18(20(22)24)21-11-7-4-8-12-21/h5-6,9-10,14H,4,7-8,11-13H2,1-3H3. The van der Waals surface area contributed by atoms with Crippen molar-refractivity contribution in [1.29, 1.82) is 0 Å². The molecule has 134 valence electrons. The summed E-state index contributed by atoms with van der Waals surface area (Å²) in [5.41, 5.74) is 1.75. The molecule has 0 atom stereocenters. The topological polar surface area (TPSA) is 49.9 Å². The maximum atomic E-state index is 13.1. The molecule has 1 saturated heterocycles. The molecule has 5 heteroatoms. The molecule has 0 N–H and O–H groups in total. The molecule has 25 heavy (non-hydrogen) atoms. The quantitative estimate of drug-likeness (QED) is 0.772. The average Bonchev–Trinajstić information content (AvgIpc) is 2.86. The summed E-state index contributed by atoms with van der Waals surface area (Å²) in [4.78, 5) is 29.7. The first kappa shape index (κ1) is 17.5. The summed E-state index contributed by atoms with van der Waals surface area (Å²) in [5, 5.41) is 0. The number of imide groups is 1. The Kier molecular flexibility index (Phi) is 5.11. The zero-order valence-corrected chi connectivity index (χ0v) is 15.2. The van der Waals surface area contributed by atoms with E-state index < -0.39 is 0 Å². The van der Waals surface area contributed by atoms with Crippen molar-refractivity contribution in [3.63, 3.8) is 0 Å². The first-order chi connectivity index (χ1) is 12.0. The average molecular weight is 342 g/mol. The maximum absolute atomic E-state index is 13.1. The number of ether oxygens (including phenoxy) is 1. The Bertz CT molecular complexity index is 703. The predicted molar refractivity (Wildman–Crippen MR) is 96.9 cm³/mol. The summed E-state index contributed by atoms with van der Waals surface area (Å²) in [7, 11) is 1.59. The van der Waals surface area contributed by atoms with E-state index in [1.807, 2.05) is 38.1 Å². The van der Waals surface area contributed by atoms with E-state index in [1.165, 1.54) is 11.3 Å². The van der Waals surface area contributed by atoms with Gasteiger partial charge in [0.2, 0.25) is 0 Å². The van der Waals surface area contributed by atoms with Crippen molar-refractivity contribution in [3.05, 3.63) is 35.5 Å². The van der Waals surface area contributed by atoms with Gasteiger partial charge in [0.1, 0.15) is 11.4 Å². The molecule has 1 aromatic carbocycles. The molecule has 1 aromatic rings. The van der Waals surface area contributed by atoms with Crippen LogP contribution < -0.4 is 4.74 Å². The molecule has 5 nitrogen and oxygen atoms in total. The second-order valence-corrected chi connectivity index (χ2v) is 7.09. The maximum Gasteiger partial charge on any atom is 0.277 e. The highest BCUT2D eigenvalue weighted by atomic mass is 16.5. The number of carbonyl (C=O) groups excluding carboxylic acids is 2. The number of methoxy groups -OCH3 is 1. The summed E-state index contributed by atoms with van der Waals surface area (Å²) in [5.74, 6) is 0.484. The van der Waals surface area contributed by atoms with Crippen molar-refractivity contribution in [2.75, 3.05) is 26.7 Å². The molecule has 0 spiro atoms. The molecule has 0 saturated carbocycles. The van der Waals surface area contributed by atoms with E-state index in [9.17, 15) is 9.59 Å². The number of benzene rings is 1. The number of piperidine rings is 1. The normalized spacial score (nSPS) is 18.6. The van der Waals surface area contributed by atoms with Crippen LogP contribution in [0.1, 0.15) is 38.7 Å². The number of para-hydroxylation sites is 1. The molecule has 1 fully saturated rings. The highest BCUT2D eigenvalue weighted by Crippen LogP contribution is 2.37. The van der Waals surface area contributed by atoms with E-state index in [0.29, 0.717) is 29.1 Å². The van der Waals surface area contributed by atoms with E-state index in [1.54, 1.807) is 7.11 Å². The minimum absolute atomic E-state index is 0.165. The zero-order valence-electron chi connectivity index (χ0n) is 15.2. The van der Waals surface area contributed by atoms with Crippen LogP contribution in [0.15, 0.2) is 30.0 Å². The second-order valence-electron chi connectivity index (χ2n) is 7.09. The minimum Gasteiger partial charge on any atom is -0.496 e. The number of carbonyl (C=O) groups is 2. The SMILES string of the molecule is COc1ccccc1C1=C(N2CCCCC2)C(=O)N(CC(C)C)C1=O. The minimum atomic E-state index is -0.205. The van der Waals surface area contributed by atoms with Crippen LogP contribution in [0.5, 0.6) is 5.75 Å². The summed E-state index contributed by atoms with van der Waals surface area (Å²) >= 11 is 0. The highest BCUT2D eigenvalue weighted by Gasteiger charge is 2.42. The van der Waals surface area contributed by atoms with Gasteiger partial charge in [-0.2, -0.15) is 0 Å². The van der Waals surface area contributed by atoms with Crippen molar-refractivity contribution in [2.24, 2.45) is 5.92 Å². The van der Waals surface area contributed by atoms with Gasteiger partial charge in [-0.05, 0) is 31.2 Å². The van der Waals surface area contributed by atoms with Gasteiger partial charge >= 0.3 is 0 Å². The van der Waals surface area contributed by atoms with Crippen molar-refractivity contribution in [3.8, 4) is 5.75 Å². The molecule has 0 aliphatic carbocycles. The monoisotopic (exact) mass is 342 g/mol. The molecular formula is C20H26N2O3. The number of likely N-dealkylation sites (tertiary alicyclic amines) is 1. The molecule has 2 amide bonds.